The molecule has 0 N–H and O–H groups in total. The average Bonchev–Trinajstić information content (AvgIpc) is 2.15. The van der Waals surface area contributed by atoms with Gasteiger partial charge in [-0.15, -0.1) is 12.3 Å². The predicted molar refractivity (Wildman–Crippen MR) is 61.6 cm³/mol. The summed E-state index contributed by atoms with van der Waals surface area (Å²) >= 11 is 2.15. The number of Topliss-reactive ketones (excluding diaryl/α,β-unsaturated/α-hetero) is 1. The van der Waals surface area contributed by atoms with Gasteiger partial charge in [-0.05, 0) is 28.7 Å². The lowest BCUT2D eigenvalue weighted by molar-refractivity contribution is 0.0983. The first kappa shape index (κ1) is 10.3. The summed E-state index contributed by atoms with van der Waals surface area (Å²) in [6, 6.07) is 7.54. The fourth-order valence-electron chi connectivity index (χ4n) is 1.01. The quantitative estimate of drug-likeness (QED) is 0.474. The van der Waals surface area contributed by atoms with E-state index in [9.17, 15) is 4.79 Å². The van der Waals surface area contributed by atoms with Crippen molar-refractivity contribution in [3.8, 4) is 12.3 Å². The second kappa shape index (κ2) is 5.03. The highest BCUT2D eigenvalue weighted by molar-refractivity contribution is 14.1. The van der Waals surface area contributed by atoms with E-state index in [-0.39, 0.29) is 5.78 Å². The van der Waals surface area contributed by atoms with Crippen LogP contribution in [0.4, 0.5) is 0 Å². The molecule has 0 bridgehead atoms. The molecule has 0 aliphatic rings. The number of hydrogen-bond donors (Lipinski definition) is 0. The molecule has 0 aliphatic heterocycles. The molecule has 0 fully saturated rings. The monoisotopic (exact) mass is 284 g/mol. The van der Waals surface area contributed by atoms with Gasteiger partial charge in [0.1, 0.15) is 0 Å². The van der Waals surface area contributed by atoms with Gasteiger partial charge in [0.15, 0.2) is 5.78 Å². The summed E-state index contributed by atoms with van der Waals surface area (Å²) in [7, 11) is 0. The summed E-state index contributed by atoms with van der Waals surface area (Å²) in [6.45, 7) is 0. The number of rotatable bonds is 3. The Balaban J connectivity index is 2.78. The van der Waals surface area contributed by atoms with Crippen LogP contribution in [0.15, 0.2) is 24.3 Å². The Labute approximate surface area is 91.7 Å². The molecular formula is C11H9IO. The van der Waals surface area contributed by atoms with Crippen molar-refractivity contribution in [3.63, 3.8) is 0 Å². The zero-order valence-corrected chi connectivity index (χ0v) is 9.24. The molecule has 0 amide bonds. The third-order valence-electron chi connectivity index (χ3n) is 1.67. The number of benzene rings is 1. The highest BCUT2D eigenvalue weighted by atomic mass is 127. The van der Waals surface area contributed by atoms with Crippen molar-refractivity contribution in [2.45, 2.75) is 12.8 Å². The molecule has 1 rings (SSSR count). The van der Waals surface area contributed by atoms with Crippen LogP contribution in [0.25, 0.3) is 0 Å². The summed E-state index contributed by atoms with van der Waals surface area (Å²) in [6.07, 6.45) is 6.05. The van der Waals surface area contributed by atoms with Gasteiger partial charge < -0.3 is 0 Å². The van der Waals surface area contributed by atoms with Crippen LogP contribution in [-0.4, -0.2) is 5.78 Å². The van der Waals surface area contributed by atoms with E-state index < -0.39 is 0 Å². The van der Waals surface area contributed by atoms with Crippen molar-refractivity contribution in [2.24, 2.45) is 0 Å². The molecule has 0 saturated carbocycles. The van der Waals surface area contributed by atoms with Crippen LogP contribution >= 0.6 is 22.6 Å². The maximum absolute atomic E-state index is 11.5. The minimum absolute atomic E-state index is 0.128. The van der Waals surface area contributed by atoms with Crippen molar-refractivity contribution in [3.05, 3.63) is 33.4 Å². The zero-order chi connectivity index (χ0) is 9.68. The molecule has 13 heavy (non-hydrogen) atoms. The van der Waals surface area contributed by atoms with E-state index in [2.05, 4.69) is 28.5 Å². The van der Waals surface area contributed by atoms with E-state index in [1.54, 1.807) is 0 Å². The number of terminal acetylenes is 1. The van der Waals surface area contributed by atoms with Crippen LogP contribution in [0.1, 0.15) is 23.2 Å². The van der Waals surface area contributed by atoms with Gasteiger partial charge in [-0.2, -0.15) is 0 Å². The molecule has 0 spiro atoms. The molecule has 0 radical (unpaired) electrons. The molecule has 0 atom stereocenters. The fourth-order valence-corrected chi connectivity index (χ4v) is 1.70. The topological polar surface area (TPSA) is 17.1 Å². The number of carbonyl (C=O) groups is 1. The van der Waals surface area contributed by atoms with Gasteiger partial charge in [0.05, 0.1) is 0 Å². The predicted octanol–water partition coefficient (Wildman–Crippen LogP) is 2.89. The van der Waals surface area contributed by atoms with Gasteiger partial charge in [-0.25, -0.2) is 0 Å². The third-order valence-corrected chi connectivity index (χ3v) is 2.61. The Kier molecular flexibility index (Phi) is 3.97. The Hall–Kier alpha value is -0.820. The minimum Gasteiger partial charge on any atom is -0.294 e. The first-order valence-electron chi connectivity index (χ1n) is 3.97. The molecule has 0 aliphatic carbocycles. The Bertz CT molecular complexity index is 349. The standard InChI is InChI=1S/C11H9IO/c1-2-3-8-11(13)9-6-4-5-7-10(9)12/h1,4-7H,3,8H2. The van der Waals surface area contributed by atoms with Crippen LogP contribution in [0, 0.1) is 15.9 Å². The van der Waals surface area contributed by atoms with E-state index in [0.717, 1.165) is 9.13 Å². The largest absolute Gasteiger partial charge is 0.294 e. The number of halogens is 1. The van der Waals surface area contributed by atoms with Crippen molar-refractivity contribution in [2.75, 3.05) is 0 Å². The second-order valence-corrected chi connectivity index (χ2v) is 3.77. The molecule has 0 unspecified atom stereocenters. The van der Waals surface area contributed by atoms with Gasteiger partial charge in [0.2, 0.25) is 0 Å². The molecular weight excluding hydrogens is 275 g/mol. The van der Waals surface area contributed by atoms with Gasteiger partial charge >= 0.3 is 0 Å². The average molecular weight is 284 g/mol. The van der Waals surface area contributed by atoms with Gasteiger partial charge in [0.25, 0.3) is 0 Å². The first-order valence-corrected chi connectivity index (χ1v) is 5.04. The van der Waals surface area contributed by atoms with Crippen LogP contribution in [0.2, 0.25) is 0 Å². The van der Waals surface area contributed by atoms with Crippen LogP contribution in [0.3, 0.4) is 0 Å². The van der Waals surface area contributed by atoms with Crippen molar-refractivity contribution < 1.29 is 4.79 Å². The Morgan fingerprint density at radius 3 is 2.77 bits per heavy atom. The Morgan fingerprint density at radius 2 is 2.15 bits per heavy atom. The minimum atomic E-state index is 0.128. The number of carbonyl (C=O) groups excluding carboxylic acids is 1. The molecule has 66 valence electrons. The maximum atomic E-state index is 11.5. The normalized spacial score (nSPS) is 9.23. The van der Waals surface area contributed by atoms with Gasteiger partial charge in [0, 0.05) is 22.0 Å². The Morgan fingerprint density at radius 1 is 1.46 bits per heavy atom. The molecule has 1 nitrogen and oxygen atoms in total. The van der Waals surface area contributed by atoms with Crippen LogP contribution < -0.4 is 0 Å². The lowest BCUT2D eigenvalue weighted by atomic mass is 10.1. The van der Waals surface area contributed by atoms with E-state index >= 15 is 0 Å². The van der Waals surface area contributed by atoms with E-state index in [0.29, 0.717) is 12.8 Å². The SMILES string of the molecule is C#CCCC(=O)c1ccccc1I. The lowest BCUT2D eigenvalue weighted by Gasteiger charge is -2.00. The van der Waals surface area contributed by atoms with Crippen LogP contribution in [0.5, 0.6) is 0 Å². The van der Waals surface area contributed by atoms with Crippen molar-refractivity contribution in [1.82, 2.24) is 0 Å². The van der Waals surface area contributed by atoms with E-state index in [4.69, 9.17) is 6.42 Å². The van der Waals surface area contributed by atoms with Crippen molar-refractivity contribution in [1.29, 1.82) is 0 Å². The third kappa shape index (κ3) is 2.85. The summed E-state index contributed by atoms with van der Waals surface area (Å²) in [5.41, 5.74) is 0.776. The highest BCUT2D eigenvalue weighted by Crippen LogP contribution is 2.13. The molecule has 2 heteroatoms. The number of ketones is 1. The molecule has 0 saturated heterocycles. The highest BCUT2D eigenvalue weighted by Gasteiger charge is 2.07. The molecule has 0 aromatic heterocycles. The first-order chi connectivity index (χ1) is 6.25. The number of hydrogen-bond acceptors (Lipinski definition) is 1. The van der Waals surface area contributed by atoms with Crippen molar-refractivity contribution >= 4 is 28.4 Å². The molecule has 0 heterocycles. The maximum Gasteiger partial charge on any atom is 0.164 e. The fraction of sp³-hybridized carbons (Fsp3) is 0.182. The molecule has 1 aromatic carbocycles. The zero-order valence-electron chi connectivity index (χ0n) is 7.09. The lowest BCUT2D eigenvalue weighted by Crippen LogP contribution is -2.00. The van der Waals surface area contributed by atoms with Gasteiger partial charge in [-0.3, -0.25) is 4.79 Å². The summed E-state index contributed by atoms with van der Waals surface area (Å²) in [5.74, 6) is 2.59. The van der Waals surface area contributed by atoms with Gasteiger partial charge in [-0.1, -0.05) is 18.2 Å². The second-order valence-electron chi connectivity index (χ2n) is 2.61. The summed E-state index contributed by atoms with van der Waals surface area (Å²) < 4.78 is 0.988. The van der Waals surface area contributed by atoms with E-state index in [1.807, 2.05) is 24.3 Å². The smallest absolute Gasteiger partial charge is 0.164 e. The van der Waals surface area contributed by atoms with E-state index in [1.165, 1.54) is 0 Å². The summed E-state index contributed by atoms with van der Waals surface area (Å²) in [4.78, 5) is 11.5. The summed E-state index contributed by atoms with van der Waals surface area (Å²) in [5, 5.41) is 0. The molecule has 1 aromatic rings. The van der Waals surface area contributed by atoms with Crippen LogP contribution in [-0.2, 0) is 0 Å².